The molecular weight excluding hydrogens is 104 g/mol. The van der Waals surface area contributed by atoms with Gasteiger partial charge in [0.25, 0.3) is 0 Å². The molecule has 0 radical (unpaired) electrons. The molecule has 1 heteroatoms. The molecule has 40 valence electrons. The second-order valence-corrected chi connectivity index (χ2v) is 2.29. The van der Waals surface area contributed by atoms with E-state index in [4.69, 9.17) is 6.42 Å². The van der Waals surface area contributed by atoms with Gasteiger partial charge >= 0.3 is 0 Å². The maximum absolute atomic E-state index is 5.01. The maximum Gasteiger partial charge on any atom is 0.00939 e. The maximum atomic E-state index is 5.01. The van der Waals surface area contributed by atoms with Gasteiger partial charge in [0, 0.05) is 6.42 Å². The molecule has 0 heterocycles. The Morgan fingerprint density at radius 2 is 2.43 bits per heavy atom. The fraction of sp³-hybridized carbons (Fsp3) is 0.667. The first-order valence-electron chi connectivity index (χ1n) is 2.34. The molecule has 0 aliphatic carbocycles. The van der Waals surface area contributed by atoms with Gasteiger partial charge in [-0.05, 0) is 18.4 Å². The van der Waals surface area contributed by atoms with Crippen LogP contribution in [-0.2, 0) is 0 Å². The average molecular weight is 114 g/mol. The van der Waals surface area contributed by atoms with Crippen molar-refractivity contribution < 1.29 is 0 Å². The Bertz CT molecular complexity index is 61.1. The van der Waals surface area contributed by atoms with Gasteiger partial charge in [0.15, 0.2) is 0 Å². The van der Waals surface area contributed by atoms with Gasteiger partial charge < -0.3 is 0 Å². The molecule has 7 heavy (non-hydrogen) atoms. The van der Waals surface area contributed by atoms with Gasteiger partial charge in [-0.2, -0.15) is 11.8 Å². The van der Waals surface area contributed by atoms with E-state index in [-0.39, 0.29) is 0 Å². The van der Waals surface area contributed by atoms with E-state index in [9.17, 15) is 0 Å². The van der Waals surface area contributed by atoms with Gasteiger partial charge in [0.1, 0.15) is 0 Å². The van der Waals surface area contributed by atoms with Crippen LogP contribution in [0.1, 0.15) is 12.8 Å². The SMILES string of the molecule is C#CCCCSC. The lowest BCUT2D eigenvalue weighted by molar-refractivity contribution is 1.000. The molecule has 0 amide bonds. The Morgan fingerprint density at radius 3 is 2.86 bits per heavy atom. The molecule has 0 aliphatic rings. The van der Waals surface area contributed by atoms with E-state index < -0.39 is 0 Å². The highest BCUT2D eigenvalue weighted by Gasteiger charge is 1.77. The summed E-state index contributed by atoms with van der Waals surface area (Å²) in [6, 6.07) is 0. The van der Waals surface area contributed by atoms with Crippen molar-refractivity contribution in [2.45, 2.75) is 12.8 Å². The quantitative estimate of drug-likeness (QED) is 0.398. The summed E-state index contributed by atoms with van der Waals surface area (Å²) in [5.41, 5.74) is 0. The highest BCUT2D eigenvalue weighted by Crippen LogP contribution is 1.96. The summed E-state index contributed by atoms with van der Waals surface area (Å²) in [6.45, 7) is 0. The number of rotatable bonds is 3. The van der Waals surface area contributed by atoms with Gasteiger partial charge in [-0.25, -0.2) is 0 Å². The predicted octanol–water partition coefficient (Wildman–Crippen LogP) is 1.76. The van der Waals surface area contributed by atoms with E-state index in [1.807, 2.05) is 11.8 Å². The molecule has 0 nitrogen and oxygen atoms in total. The lowest BCUT2D eigenvalue weighted by Crippen LogP contribution is -1.73. The van der Waals surface area contributed by atoms with Crippen molar-refractivity contribution in [3.8, 4) is 12.3 Å². The summed E-state index contributed by atoms with van der Waals surface area (Å²) >= 11 is 1.85. The third-order valence-corrected chi connectivity index (χ3v) is 1.37. The van der Waals surface area contributed by atoms with E-state index in [1.54, 1.807) is 0 Å². The molecule has 0 N–H and O–H groups in total. The second-order valence-electron chi connectivity index (χ2n) is 1.30. The molecule has 0 aliphatic heterocycles. The van der Waals surface area contributed by atoms with Crippen LogP contribution in [0.15, 0.2) is 0 Å². The third kappa shape index (κ3) is 5.91. The van der Waals surface area contributed by atoms with Crippen molar-refractivity contribution in [1.29, 1.82) is 0 Å². The van der Waals surface area contributed by atoms with Gasteiger partial charge in [-0.1, -0.05) is 0 Å². The molecule has 0 bridgehead atoms. The summed E-state index contributed by atoms with van der Waals surface area (Å²) in [7, 11) is 0. The van der Waals surface area contributed by atoms with Gasteiger partial charge in [0.05, 0.1) is 0 Å². The highest BCUT2D eigenvalue weighted by molar-refractivity contribution is 7.98. The molecule has 0 spiro atoms. The minimum Gasteiger partial charge on any atom is -0.165 e. The summed E-state index contributed by atoms with van der Waals surface area (Å²) in [6.07, 6.45) is 9.20. The monoisotopic (exact) mass is 114 g/mol. The molecule has 0 saturated carbocycles. The number of unbranched alkanes of at least 4 members (excludes halogenated alkanes) is 1. The summed E-state index contributed by atoms with van der Waals surface area (Å²) in [5.74, 6) is 3.79. The first kappa shape index (κ1) is 6.91. The molecule has 0 saturated heterocycles. The Hall–Kier alpha value is -0.0900. The van der Waals surface area contributed by atoms with Crippen LogP contribution in [-0.4, -0.2) is 12.0 Å². The van der Waals surface area contributed by atoms with Crippen molar-refractivity contribution in [2.24, 2.45) is 0 Å². The molecule has 0 unspecified atom stereocenters. The van der Waals surface area contributed by atoms with E-state index in [0.717, 1.165) is 12.8 Å². The van der Waals surface area contributed by atoms with Crippen LogP contribution in [0.4, 0.5) is 0 Å². The molecular formula is C6H10S. The Balaban J connectivity index is 2.60. The Kier molecular flexibility index (Phi) is 5.83. The zero-order chi connectivity index (χ0) is 5.54. The van der Waals surface area contributed by atoms with Crippen molar-refractivity contribution in [3.63, 3.8) is 0 Å². The topological polar surface area (TPSA) is 0 Å². The normalized spacial score (nSPS) is 8.00. The average Bonchev–Trinajstić information content (AvgIpc) is 1.69. The number of hydrogen-bond donors (Lipinski definition) is 0. The third-order valence-electron chi connectivity index (χ3n) is 0.670. The minimum absolute atomic E-state index is 0.931. The van der Waals surface area contributed by atoms with Crippen LogP contribution >= 0.6 is 11.8 Å². The summed E-state index contributed by atoms with van der Waals surface area (Å²) in [4.78, 5) is 0. The van der Waals surface area contributed by atoms with E-state index >= 15 is 0 Å². The number of thioether (sulfide) groups is 1. The van der Waals surface area contributed by atoms with Crippen molar-refractivity contribution >= 4 is 11.8 Å². The lowest BCUT2D eigenvalue weighted by atomic mass is 10.4. The highest BCUT2D eigenvalue weighted by atomic mass is 32.2. The standard InChI is InChI=1S/C6H10S/c1-3-4-5-6-7-2/h1H,4-6H2,2H3. The van der Waals surface area contributed by atoms with Crippen LogP contribution < -0.4 is 0 Å². The molecule has 0 rings (SSSR count). The van der Waals surface area contributed by atoms with Crippen LogP contribution in [0.2, 0.25) is 0 Å². The van der Waals surface area contributed by atoms with E-state index in [1.165, 1.54) is 5.75 Å². The molecule has 0 atom stereocenters. The van der Waals surface area contributed by atoms with Crippen LogP contribution in [0.3, 0.4) is 0 Å². The zero-order valence-corrected chi connectivity index (χ0v) is 5.42. The second kappa shape index (κ2) is 5.91. The number of hydrogen-bond acceptors (Lipinski definition) is 1. The molecule has 0 aromatic heterocycles. The van der Waals surface area contributed by atoms with Crippen LogP contribution in [0, 0.1) is 12.3 Å². The van der Waals surface area contributed by atoms with Crippen molar-refractivity contribution in [2.75, 3.05) is 12.0 Å². The molecule has 0 aromatic rings. The van der Waals surface area contributed by atoms with Gasteiger partial charge in [-0.15, -0.1) is 12.3 Å². The Morgan fingerprint density at radius 1 is 1.71 bits per heavy atom. The summed E-state index contributed by atoms with van der Waals surface area (Å²) in [5, 5.41) is 0. The lowest BCUT2D eigenvalue weighted by Gasteiger charge is -1.86. The predicted molar refractivity (Wildman–Crippen MR) is 36.4 cm³/mol. The Labute approximate surface area is 49.7 Å². The van der Waals surface area contributed by atoms with Crippen molar-refractivity contribution in [3.05, 3.63) is 0 Å². The van der Waals surface area contributed by atoms with Crippen molar-refractivity contribution in [1.82, 2.24) is 0 Å². The smallest absolute Gasteiger partial charge is 0.00939 e. The van der Waals surface area contributed by atoms with E-state index in [0.29, 0.717) is 0 Å². The summed E-state index contributed by atoms with van der Waals surface area (Å²) < 4.78 is 0. The number of terminal acetylenes is 1. The largest absolute Gasteiger partial charge is 0.165 e. The minimum atomic E-state index is 0.931. The fourth-order valence-electron chi connectivity index (χ4n) is 0.319. The van der Waals surface area contributed by atoms with Crippen LogP contribution in [0.25, 0.3) is 0 Å². The first-order valence-corrected chi connectivity index (χ1v) is 3.73. The molecule has 0 aromatic carbocycles. The van der Waals surface area contributed by atoms with Gasteiger partial charge in [-0.3, -0.25) is 0 Å². The fourth-order valence-corrected chi connectivity index (χ4v) is 0.752. The van der Waals surface area contributed by atoms with E-state index in [2.05, 4.69) is 12.2 Å². The first-order chi connectivity index (χ1) is 3.41. The van der Waals surface area contributed by atoms with Gasteiger partial charge in [0.2, 0.25) is 0 Å². The van der Waals surface area contributed by atoms with Crippen LogP contribution in [0.5, 0.6) is 0 Å². The zero-order valence-electron chi connectivity index (χ0n) is 4.61. The molecule has 0 fully saturated rings.